The van der Waals surface area contributed by atoms with Gasteiger partial charge in [-0.2, -0.15) is 8.78 Å². The number of likely N-dealkylation sites (tertiary alicyclic amines) is 1. The maximum Gasteiger partial charge on any atom is 0.387 e. The molecular formula is C20H30ClF2IN4O2. The van der Waals surface area contributed by atoms with Gasteiger partial charge >= 0.3 is 6.61 Å². The first-order chi connectivity index (χ1) is 14.0. The van der Waals surface area contributed by atoms with E-state index in [4.69, 9.17) is 16.3 Å². The first kappa shape index (κ1) is 25.4. The van der Waals surface area contributed by atoms with Crippen LogP contribution in [0.2, 0.25) is 5.02 Å². The summed E-state index contributed by atoms with van der Waals surface area (Å²) in [5.74, 6) is 0.711. The highest BCUT2D eigenvalue weighted by Gasteiger charge is 2.39. The Kier molecular flexibility index (Phi) is 10.3. The Bertz CT molecular complexity index is 699. The van der Waals surface area contributed by atoms with Gasteiger partial charge in [-0.1, -0.05) is 11.6 Å². The summed E-state index contributed by atoms with van der Waals surface area (Å²) < 4.78 is 35.5. The van der Waals surface area contributed by atoms with Gasteiger partial charge in [-0.05, 0) is 57.0 Å². The van der Waals surface area contributed by atoms with Crippen LogP contribution < -0.4 is 15.4 Å². The van der Waals surface area contributed by atoms with Gasteiger partial charge in [0, 0.05) is 49.5 Å². The van der Waals surface area contributed by atoms with Crippen LogP contribution in [0.15, 0.2) is 23.2 Å². The maximum absolute atomic E-state index is 12.7. The number of nitrogens with zero attached hydrogens (tertiary/aromatic N) is 2. The zero-order chi connectivity index (χ0) is 20.7. The molecule has 2 fully saturated rings. The lowest BCUT2D eigenvalue weighted by molar-refractivity contribution is -0.0504. The monoisotopic (exact) mass is 558 g/mol. The molecule has 0 amide bonds. The number of aliphatic imine (C=N–C) groups is 1. The van der Waals surface area contributed by atoms with Gasteiger partial charge in [0.05, 0.1) is 0 Å². The molecule has 2 saturated heterocycles. The average molecular weight is 559 g/mol. The average Bonchev–Trinajstić information content (AvgIpc) is 3.26. The molecule has 0 radical (unpaired) electrons. The van der Waals surface area contributed by atoms with Crippen LogP contribution in [0, 0.1) is 0 Å². The Morgan fingerprint density at radius 2 is 1.97 bits per heavy atom. The number of benzene rings is 1. The minimum absolute atomic E-state index is 0. The third-order valence-corrected chi connectivity index (χ3v) is 5.93. The molecule has 1 aromatic rings. The number of nitrogens with one attached hydrogen (secondary N) is 2. The number of alkyl halides is 2. The van der Waals surface area contributed by atoms with Crippen molar-refractivity contribution in [3.05, 3.63) is 28.8 Å². The molecule has 30 heavy (non-hydrogen) atoms. The van der Waals surface area contributed by atoms with E-state index in [9.17, 15) is 8.78 Å². The predicted molar refractivity (Wildman–Crippen MR) is 125 cm³/mol. The molecule has 2 N–H and O–H groups in total. The van der Waals surface area contributed by atoms with E-state index < -0.39 is 6.61 Å². The lowest BCUT2D eigenvalue weighted by Gasteiger charge is -2.45. The van der Waals surface area contributed by atoms with Crippen molar-refractivity contribution in [2.45, 2.75) is 44.4 Å². The number of ether oxygens (including phenoxy) is 2. The van der Waals surface area contributed by atoms with Gasteiger partial charge in [0.25, 0.3) is 0 Å². The normalized spacial score (nSPS) is 19.4. The van der Waals surface area contributed by atoms with Gasteiger partial charge in [-0.3, -0.25) is 9.89 Å². The van der Waals surface area contributed by atoms with Crippen LogP contribution in [0.4, 0.5) is 8.78 Å². The number of halogens is 4. The van der Waals surface area contributed by atoms with E-state index >= 15 is 0 Å². The lowest BCUT2D eigenvalue weighted by atomic mass is 9.88. The summed E-state index contributed by atoms with van der Waals surface area (Å²) in [7, 11) is 1.69. The van der Waals surface area contributed by atoms with E-state index in [1.54, 1.807) is 13.1 Å². The van der Waals surface area contributed by atoms with Crippen molar-refractivity contribution in [3.8, 4) is 5.75 Å². The van der Waals surface area contributed by atoms with Crippen LogP contribution in [-0.2, 0) is 11.3 Å². The Hall–Kier alpha value is -0.910. The lowest BCUT2D eigenvalue weighted by Crippen LogP contribution is -2.58. The zero-order valence-corrected chi connectivity index (χ0v) is 20.2. The molecule has 0 saturated carbocycles. The second kappa shape index (κ2) is 12.2. The van der Waals surface area contributed by atoms with Crippen LogP contribution in [-0.4, -0.2) is 62.9 Å². The first-order valence-corrected chi connectivity index (χ1v) is 10.4. The molecule has 6 nitrogen and oxygen atoms in total. The fourth-order valence-electron chi connectivity index (χ4n) is 4.09. The van der Waals surface area contributed by atoms with Crippen LogP contribution in [0.1, 0.15) is 31.2 Å². The van der Waals surface area contributed by atoms with Crippen molar-refractivity contribution < 1.29 is 18.3 Å². The van der Waals surface area contributed by atoms with Crippen LogP contribution >= 0.6 is 35.6 Å². The van der Waals surface area contributed by atoms with Gasteiger partial charge in [0.1, 0.15) is 5.75 Å². The Morgan fingerprint density at radius 3 is 2.60 bits per heavy atom. The third kappa shape index (κ3) is 6.80. The predicted octanol–water partition coefficient (Wildman–Crippen LogP) is 3.87. The van der Waals surface area contributed by atoms with E-state index in [2.05, 4.69) is 25.3 Å². The highest BCUT2D eigenvalue weighted by Crippen LogP contribution is 2.31. The number of hydrogen-bond acceptors (Lipinski definition) is 4. The minimum Gasteiger partial charge on any atom is -0.434 e. The fourth-order valence-corrected chi connectivity index (χ4v) is 4.29. The largest absolute Gasteiger partial charge is 0.434 e. The van der Waals surface area contributed by atoms with Gasteiger partial charge in [0.2, 0.25) is 0 Å². The van der Waals surface area contributed by atoms with E-state index in [-0.39, 0.29) is 41.8 Å². The molecule has 0 unspecified atom stereocenters. The van der Waals surface area contributed by atoms with Gasteiger partial charge in [0.15, 0.2) is 5.96 Å². The molecular weight excluding hydrogens is 529 g/mol. The molecule has 2 aliphatic rings. The second-order valence-electron chi connectivity index (χ2n) is 7.44. The first-order valence-electron chi connectivity index (χ1n) is 10.0. The second-order valence-corrected chi connectivity index (χ2v) is 7.88. The smallest absolute Gasteiger partial charge is 0.387 e. The molecule has 0 spiro atoms. The molecule has 10 heteroatoms. The summed E-state index contributed by atoms with van der Waals surface area (Å²) in [5, 5.41) is 7.06. The number of guanidine groups is 1. The minimum atomic E-state index is -2.89. The zero-order valence-electron chi connectivity index (χ0n) is 17.1. The summed E-state index contributed by atoms with van der Waals surface area (Å²) in [6.07, 6.45) is 4.43. The maximum atomic E-state index is 12.7. The molecule has 3 rings (SSSR count). The summed E-state index contributed by atoms with van der Waals surface area (Å²) in [6.45, 7) is 1.90. The Balaban J connectivity index is 0.00000320. The summed E-state index contributed by atoms with van der Waals surface area (Å²) >= 11 is 6.02. The van der Waals surface area contributed by atoms with Gasteiger partial charge in [-0.25, -0.2) is 0 Å². The quantitative estimate of drug-likeness (QED) is 0.302. The van der Waals surface area contributed by atoms with Crippen molar-refractivity contribution in [1.29, 1.82) is 0 Å². The standard InChI is InChI=1S/C20H29ClF2N4O2.HI/c1-24-19(25-13-15-12-16(21)4-5-17(15)29-18(22)23)26-14-20(6-10-28-11-7-20)27-8-2-3-9-27;/h4-5,12,18H,2-3,6-11,13-14H2,1H3,(H2,24,25,26);1H. The van der Waals surface area contributed by atoms with Crippen LogP contribution in [0.5, 0.6) is 5.75 Å². The molecule has 170 valence electrons. The number of hydrogen-bond donors (Lipinski definition) is 2. The van der Waals surface area contributed by atoms with E-state index in [0.717, 1.165) is 45.7 Å². The summed E-state index contributed by atoms with van der Waals surface area (Å²) in [6, 6.07) is 4.59. The molecule has 0 aliphatic carbocycles. The molecule has 0 bridgehead atoms. The Morgan fingerprint density at radius 1 is 1.27 bits per heavy atom. The van der Waals surface area contributed by atoms with E-state index in [1.165, 1.54) is 25.0 Å². The third-order valence-electron chi connectivity index (χ3n) is 5.69. The highest BCUT2D eigenvalue weighted by molar-refractivity contribution is 14.0. The van der Waals surface area contributed by atoms with Crippen molar-refractivity contribution >= 4 is 41.5 Å². The van der Waals surface area contributed by atoms with E-state index in [0.29, 0.717) is 16.5 Å². The summed E-state index contributed by atoms with van der Waals surface area (Å²) in [4.78, 5) is 6.85. The van der Waals surface area contributed by atoms with Gasteiger partial charge in [-0.15, -0.1) is 24.0 Å². The molecule has 2 aliphatic heterocycles. The van der Waals surface area contributed by atoms with Crippen molar-refractivity contribution in [2.24, 2.45) is 4.99 Å². The van der Waals surface area contributed by atoms with Gasteiger partial charge < -0.3 is 20.1 Å². The Labute approximate surface area is 198 Å². The van der Waals surface area contributed by atoms with Crippen LogP contribution in [0.3, 0.4) is 0 Å². The fraction of sp³-hybridized carbons (Fsp3) is 0.650. The molecule has 2 heterocycles. The van der Waals surface area contributed by atoms with Crippen LogP contribution in [0.25, 0.3) is 0 Å². The SMILES string of the molecule is CN=C(NCc1cc(Cl)ccc1OC(F)F)NCC1(N2CCCC2)CCOCC1.I. The topological polar surface area (TPSA) is 58.1 Å². The van der Waals surface area contributed by atoms with Crippen molar-refractivity contribution in [3.63, 3.8) is 0 Å². The van der Waals surface area contributed by atoms with Crippen molar-refractivity contribution in [1.82, 2.24) is 15.5 Å². The van der Waals surface area contributed by atoms with Crippen molar-refractivity contribution in [2.75, 3.05) is 39.9 Å². The van der Waals surface area contributed by atoms with E-state index in [1.807, 2.05) is 0 Å². The molecule has 1 aromatic carbocycles. The molecule has 0 aromatic heterocycles. The highest BCUT2D eigenvalue weighted by atomic mass is 127. The number of rotatable bonds is 7. The summed E-state index contributed by atoms with van der Waals surface area (Å²) in [5.41, 5.74) is 0.605. The molecule has 0 atom stereocenters.